The standard InChI is InChI=1S/C14H13N5O5/c20-11(4-3-10-2-1-5-24-10)15-8-12(21)19-17-7-9-6-16-14(23)18-13(9)22/h1-7H,8H2,(H,15,20)(H,19,21)(H2,16,18,22,23). The third-order valence-corrected chi connectivity index (χ3v) is 2.61. The van der Waals surface area contributed by atoms with E-state index in [1.165, 1.54) is 18.4 Å². The molecule has 0 unspecified atom stereocenters. The fourth-order valence-corrected chi connectivity index (χ4v) is 1.50. The Bertz CT molecular complexity index is 875. The summed E-state index contributed by atoms with van der Waals surface area (Å²) in [4.78, 5) is 49.4. The number of aromatic nitrogens is 2. The number of hydrogen-bond donors (Lipinski definition) is 4. The molecule has 0 saturated heterocycles. The van der Waals surface area contributed by atoms with Crippen molar-refractivity contribution < 1.29 is 14.0 Å². The van der Waals surface area contributed by atoms with Gasteiger partial charge in [0.15, 0.2) is 0 Å². The van der Waals surface area contributed by atoms with E-state index in [-0.39, 0.29) is 12.1 Å². The van der Waals surface area contributed by atoms with Gasteiger partial charge in [0, 0.05) is 12.3 Å². The van der Waals surface area contributed by atoms with Crippen LogP contribution in [-0.2, 0) is 9.59 Å². The zero-order valence-electron chi connectivity index (χ0n) is 12.2. The smallest absolute Gasteiger partial charge is 0.325 e. The summed E-state index contributed by atoms with van der Waals surface area (Å²) in [6.45, 7) is -0.305. The summed E-state index contributed by atoms with van der Waals surface area (Å²) in [5.74, 6) is -0.570. The monoisotopic (exact) mass is 331 g/mol. The van der Waals surface area contributed by atoms with Crippen molar-refractivity contribution in [3.63, 3.8) is 0 Å². The largest absolute Gasteiger partial charge is 0.465 e. The molecule has 0 spiro atoms. The summed E-state index contributed by atoms with van der Waals surface area (Å²) in [6.07, 6.45) is 6.35. The maximum Gasteiger partial charge on any atom is 0.325 e. The highest BCUT2D eigenvalue weighted by atomic mass is 16.3. The van der Waals surface area contributed by atoms with Gasteiger partial charge in [-0.1, -0.05) is 0 Å². The van der Waals surface area contributed by atoms with Gasteiger partial charge in [0.25, 0.3) is 11.5 Å². The highest BCUT2D eigenvalue weighted by Gasteiger charge is 2.02. The number of hydrazone groups is 1. The van der Waals surface area contributed by atoms with E-state index in [0.29, 0.717) is 5.76 Å². The predicted octanol–water partition coefficient (Wildman–Crippen LogP) is -1.06. The number of nitrogens with one attached hydrogen (secondary N) is 4. The molecular weight excluding hydrogens is 318 g/mol. The number of carbonyl (C=O) groups is 2. The van der Waals surface area contributed by atoms with E-state index in [1.807, 2.05) is 4.98 Å². The summed E-state index contributed by atoms with van der Waals surface area (Å²) in [6, 6.07) is 3.35. The van der Waals surface area contributed by atoms with E-state index >= 15 is 0 Å². The van der Waals surface area contributed by atoms with E-state index in [0.717, 1.165) is 12.4 Å². The van der Waals surface area contributed by atoms with Crippen molar-refractivity contribution in [3.05, 3.63) is 62.8 Å². The van der Waals surface area contributed by atoms with Crippen LogP contribution in [0.4, 0.5) is 0 Å². The van der Waals surface area contributed by atoms with Crippen LogP contribution in [0.5, 0.6) is 0 Å². The van der Waals surface area contributed by atoms with Gasteiger partial charge < -0.3 is 14.7 Å². The molecule has 0 aliphatic heterocycles. The van der Waals surface area contributed by atoms with Crippen LogP contribution >= 0.6 is 0 Å². The number of aromatic amines is 2. The molecule has 0 atom stereocenters. The number of furan rings is 1. The second-order valence-corrected chi connectivity index (χ2v) is 4.39. The summed E-state index contributed by atoms with van der Waals surface area (Å²) < 4.78 is 5.01. The molecule has 0 radical (unpaired) electrons. The van der Waals surface area contributed by atoms with Crippen LogP contribution in [0.25, 0.3) is 6.08 Å². The fraction of sp³-hybridized carbons (Fsp3) is 0.0714. The summed E-state index contributed by atoms with van der Waals surface area (Å²) >= 11 is 0. The first-order valence-corrected chi connectivity index (χ1v) is 6.68. The van der Waals surface area contributed by atoms with Crippen LogP contribution in [0, 0.1) is 0 Å². The Labute approximate surface area is 134 Å². The molecule has 2 rings (SSSR count). The first-order valence-electron chi connectivity index (χ1n) is 6.68. The third kappa shape index (κ3) is 5.26. The van der Waals surface area contributed by atoms with Crippen molar-refractivity contribution in [3.8, 4) is 0 Å². The van der Waals surface area contributed by atoms with Crippen molar-refractivity contribution in [2.24, 2.45) is 5.10 Å². The van der Waals surface area contributed by atoms with Crippen LogP contribution in [0.1, 0.15) is 11.3 Å². The molecule has 0 aliphatic carbocycles. The molecule has 4 N–H and O–H groups in total. The van der Waals surface area contributed by atoms with Gasteiger partial charge in [0.2, 0.25) is 5.91 Å². The summed E-state index contributed by atoms with van der Waals surface area (Å²) in [5, 5.41) is 5.89. The van der Waals surface area contributed by atoms with E-state index < -0.39 is 23.1 Å². The van der Waals surface area contributed by atoms with E-state index in [9.17, 15) is 19.2 Å². The Kier molecular flexibility index (Phi) is 5.61. The predicted molar refractivity (Wildman–Crippen MR) is 84.2 cm³/mol. The van der Waals surface area contributed by atoms with Crippen molar-refractivity contribution in [2.75, 3.05) is 6.54 Å². The summed E-state index contributed by atoms with van der Waals surface area (Å²) in [5.41, 5.74) is 0.890. The van der Waals surface area contributed by atoms with Gasteiger partial charge in [-0.3, -0.25) is 19.4 Å². The molecule has 0 saturated carbocycles. The zero-order valence-corrected chi connectivity index (χ0v) is 12.2. The SMILES string of the molecule is O=C(C=Cc1ccco1)NCC(=O)NN=Cc1c[nH]c(=O)[nH]c1=O. The third-order valence-electron chi connectivity index (χ3n) is 2.61. The van der Waals surface area contributed by atoms with E-state index in [1.54, 1.807) is 12.1 Å². The molecule has 0 fully saturated rings. The average molecular weight is 331 g/mol. The van der Waals surface area contributed by atoms with Crippen molar-refractivity contribution >= 4 is 24.1 Å². The molecular formula is C14H13N5O5. The van der Waals surface area contributed by atoms with Gasteiger partial charge in [-0.15, -0.1) is 0 Å². The molecule has 2 aromatic rings. The minimum absolute atomic E-state index is 0.0558. The second kappa shape index (κ2) is 8.08. The Morgan fingerprint density at radius 1 is 1.33 bits per heavy atom. The highest BCUT2D eigenvalue weighted by Crippen LogP contribution is 2.01. The van der Waals surface area contributed by atoms with Gasteiger partial charge in [-0.05, 0) is 18.2 Å². The van der Waals surface area contributed by atoms with Gasteiger partial charge in [-0.25, -0.2) is 10.2 Å². The average Bonchev–Trinajstić information content (AvgIpc) is 3.06. The van der Waals surface area contributed by atoms with E-state index in [4.69, 9.17) is 4.42 Å². The number of hydrogen-bond acceptors (Lipinski definition) is 6. The van der Waals surface area contributed by atoms with Gasteiger partial charge in [0.05, 0.1) is 24.6 Å². The molecule has 10 heteroatoms. The maximum absolute atomic E-state index is 11.5. The van der Waals surface area contributed by atoms with Crippen LogP contribution in [-0.4, -0.2) is 34.5 Å². The molecule has 124 valence electrons. The molecule has 24 heavy (non-hydrogen) atoms. The number of nitrogens with zero attached hydrogens (tertiary/aromatic N) is 1. The minimum atomic E-state index is -0.647. The molecule has 10 nitrogen and oxygen atoms in total. The lowest BCUT2D eigenvalue weighted by Crippen LogP contribution is -2.34. The number of carbonyl (C=O) groups excluding carboxylic acids is 2. The Hall–Kier alpha value is -3.69. The molecule has 0 aliphatic rings. The topological polar surface area (TPSA) is 149 Å². The van der Waals surface area contributed by atoms with E-state index in [2.05, 4.69) is 20.8 Å². The number of rotatable bonds is 6. The zero-order chi connectivity index (χ0) is 17.4. The first kappa shape index (κ1) is 16.7. The highest BCUT2D eigenvalue weighted by molar-refractivity contribution is 5.94. The van der Waals surface area contributed by atoms with Gasteiger partial charge in [0.1, 0.15) is 5.76 Å². The second-order valence-electron chi connectivity index (χ2n) is 4.39. The molecule has 0 bridgehead atoms. The quantitative estimate of drug-likeness (QED) is 0.302. The van der Waals surface area contributed by atoms with Crippen LogP contribution in [0.2, 0.25) is 0 Å². The van der Waals surface area contributed by atoms with Gasteiger partial charge in [-0.2, -0.15) is 5.10 Å². The van der Waals surface area contributed by atoms with Crippen molar-refractivity contribution in [1.82, 2.24) is 20.7 Å². The fourth-order valence-electron chi connectivity index (χ4n) is 1.50. The van der Waals surface area contributed by atoms with Crippen LogP contribution in [0.15, 0.2) is 49.8 Å². The van der Waals surface area contributed by atoms with Crippen LogP contribution in [0.3, 0.4) is 0 Å². The van der Waals surface area contributed by atoms with Crippen LogP contribution < -0.4 is 22.0 Å². The number of amides is 2. The lowest BCUT2D eigenvalue weighted by molar-refractivity contribution is -0.123. The lowest BCUT2D eigenvalue weighted by Gasteiger charge is -2.00. The minimum Gasteiger partial charge on any atom is -0.465 e. The lowest BCUT2D eigenvalue weighted by atomic mass is 10.4. The maximum atomic E-state index is 11.5. The Balaban J connectivity index is 1.77. The normalized spacial score (nSPS) is 11.0. The van der Waals surface area contributed by atoms with Crippen molar-refractivity contribution in [2.45, 2.75) is 0 Å². The first-order chi connectivity index (χ1) is 11.5. The Morgan fingerprint density at radius 2 is 2.17 bits per heavy atom. The van der Waals surface area contributed by atoms with Gasteiger partial charge >= 0.3 is 5.69 Å². The molecule has 2 amide bonds. The number of H-pyrrole nitrogens is 2. The molecule has 2 heterocycles. The van der Waals surface area contributed by atoms with Crippen molar-refractivity contribution in [1.29, 1.82) is 0 Å². The summed E-state index contributed by atoms with van der Waals surface area (Å²) in [7, 11) is 0. The molecule has 0 aromatic carbocycles. The molecule has 2 aromatic heterocycles. The Morgan fingerprint density at radius 3 is 2.88 bits per heavy atom.